The summed E-state index contributed by atoms with van der Waals surface area (Å²) < 4.78 is 2.03. The van der Waals surface area contributed by atoms with E-state index in [9.17, 15) is 0 Å². The molecule has 0 amide bonds. The Morgan fingerprint density at radius 1 is 1.27 bits per heavy atom. The van der Waals surface area contributed by atoms with Crippen molar-refractivity contribution in [2.75, 3.05) is 18.4 Å². The summed E-state index contributed by atoms with van der Waals surface area (Å²) in [6.45, 7) is 3.01. The van der Waals surface area contributed by atoms with Crippen molar-refractivity contribution >= 4 is 5.82 Å². The first-order valence-corrected chi connectivity index (χ1v) is 8.17. The molecule has 2 aromatic rings. The summed E-state index contributed by atoms with van der Waals surface area (Å²) in [5.41, 5.74) is 1.32. The number of nitrogens with zero attached hydrogens (tertiary/aromatic N) is 3. The number of hydrogen-bond acceptors (Lipinski definition) is 4. The van der Waals surface area contributed by atoms with Gasteiger partial charge in [0.05, 0.1) is 6.54 Å². The minimum absolute atomic E-state index is 0.708. The maximum atomic E-state index is 4.53. The molecule has 5 nitrogen and oxygen atoms in total. The molecule has 0 aliphatic carbocycles. The second-order valence-corrected chi connectivity index (χ2v) is 6.07. The van der Waals surface area contributed by atoms with Gasteiger partial charge in [-0.2, -0.15) is 0 Å². The number of rotatable bonds is 5. The van der Waals surface area contributed by atoms with E-state index in [2.05, 4.69) is 26.7 Å². The van der Waals surface area contributed by atoms with E-state index in [0.717, 1.165) is 37.1 Å². The van der Waals surface area contributed by atoms with Crippen molar-refractivity contribution in [1.29, 1.82) is 0 Å². The van der Waals surface area contributed by atoms with E-state index in [1.54, 1.807) is 0 Å². The van der Waals surface area contributed by atoms with Gasteiger partial charge in [0.15, 0.2) is 0 Å². The lowest BCUT2D eigenvalue weighted by Gasteiger charge is -2.16. The zero-order valence-electron chi connectivity index (χ0n) is 13.3. The molecule has 0 aromatic carbocycles. The first-order chi connectivity index (χ1) is 10.8. The summed E-state index contributed by atoms with van der Waals surface area (Å²) in [6, 6.07) is 4.24. The summed E-state index contributed by atoms with van der Waals surface area (Å²) in [7, 11) is 2.02. The summed E-state index contributed by atoms with van der Waals surface area (Å²) in [4.78, 5) is 8.89. The van der Waals surface area contributed by atoms with Crippen LogP contribution in [0.5, 0.6) is 0 Å². The number of aromatic nitrogens is 3. The van der Waals surface area contributed by atoms with Gasteiger partial charge in [0.2, 0.25) is 0 Å². The van der Waals surface area contributed by atoms with Gasteiger partial charge >= 0.3 is 0 Å². The Labute approximate surface area is 132 Å². The molecule has 1 saturated heterocycles. The average Bonchev–Trinajstić information content (AvgIpc) is 2.78. The molecule has 0 bridgehead atoms. The molecule has 1 aliphatic rings. The minimum atomic E-state index is 0.708. The van der Waals surface area contributed by atoms with Crippen LogP contribution in [0.15, 0.2) is 30.7 Å². The van der Waals surface area contributed by atoms with Crippen LogP contribution in [0, 0.1) is 5.92 Å². The van der Waals surface area contributed by atoms with E-state index < -0.39 is 0 Å². The van der Waals surface area contributed by atoms with Gasteiger partial charge in [0, 0.05) is 25.6 Å². The van der Waals surface area contributed by atoms with Crippen molar-refractivity contribution in [3.05, 3.63) is 42.1 Å². The summed E-state index contributed by atoms with van der Waals surface area (Å²) in [5, 5.41) is 6.94. The zero-order valence-corrected chi connectivity index (χ0v) is 13.3. The molecule has 0 spiro atoms. The molecule has 1 fully saturated rings. The van der Waals surface area contributed by atoms with Crippen molar-refractivity contribution in [1.82, 2.24) is 19.9 Å². The SMILES string of the molecule is Cn1ccnc1CNc1ncccc1CC1CCCNCC1. The zero-order chi connectivity index (χ0) is 15.2. The molecule has 2 N–H and O–H groups in total. The molecule has 3 heterocycles. The molecule has 0 saturated carbocycles. The minimum Gasteiger partial charge on any atom is -0.363 e. The van der Waals surface area contributed by atoms with E-state index in [1.165, 1.54) is 24.8 Å². The highest BCUT2D eigenvalue weighted by Crippen LogP contribution is 2.23. The lowest BCUT2D eigenvalue weighted by atomic mass is 9.93. The van der Waals surface area contributed by atoms with Crippen LogP contribution in [-0.4, -0.2) is 27.6 Å². The lowest BCUT2D eigenvalue weighted by molar-refractivity contribution is 0.470. The number of anilines is 1. The Morgan fingerprint density at radius 3 is 3.09 bits per heavy atom. The van der Waals surface area contributed by atoms with Crippen LogP contribution in [0.25, 0.3) is 0 Å². The Balaban J connectivity index is 1.65. The third-order valence-corrected chi connectivity index (χ3v) is 4.43. The lowest BCUT2D eigenvalue weighted by Crippen LogP contribution is -2.15. The number of aryl methyl sites for hydroxylation is 1. The van der Waals surface area contributed by atoms with Gasteiger partial charge in [-0.15, -0.1) is 0 Å². The molecular weight excluding hydrogens is 274 g/mol. The Bertz CT molecular complexity index is 584. The Kier molecular flexibility index (Phi) is 5.06. The van der Waals surface area contributed by atoms with Crippen LogP contribution in [0.2, 0.25) is 0 Å². The van der Waals surface area contributed by atoms with Crippen molar-refractivity contribution in [2.24, 2.45) is 13.0 Å². The topological polar surface area (TPSA) is 54.8 Å². The van der Waals surface area contributed by atoms with Crippen LogP contribution in [0.4, 0.5) is 5.82 Å². The van der Waals surface area contributed by atoms with Gasteiger partial charge in [-0.05, 0) is 56.3 Å². The van der Waals surface area contributed by atoms with E-state index in [0.29, 0.717) is 6.54 Å². The monoisotopic (exact) mass is 299 g/mol. The van der Waals surface area contributed by atoms with E-state index in [1.807, 2.05) is 36.3 Å². The van der Waals surface area contributed by atoms with E-state index in [-0.39, 0.29) is 0 Å². The van der Waals surface area contributed by atoms with Gasteiger partial charge < -0.3 is 15.2 Å². The third-order valence-electron chi connectivity index (χ3n) is 4.43. The van der Waals surface area contributed by atoms with Crippen molar-refractivity contribution < 1.29 is 0 Å². The van der Waals surface area contributed by atoms with E-state index in [4.69, 9.17) is 0 Å². The fourth-order valence-electron chi connectivity index (χ4n) is 3.10. The highest BCUT2D eigenvalue weighted by Gasteiger charge is 2.15. The van der Waals surface area contributed by atoms with Crippen LogP contribution in [-0.2, 0) is 20.0 Å². The van der Waals surface area contributed by atoms with Gasteiger partial charge in [-0.1, -0.05) is 6.07 Å². The quantitative estimate of drug-likeness (QED) is 0.890. The van der Waals surface area contributed by atoms with Crippen molar-refractivity contribution in [2.45, 2.75) is 32.2 Å². The number of hydrogen-bond donors (Lipinski definition) is 2. The van der Waals surface area contributed by atoms with Crippen LogP contribution in [0.1, 0.15) is 30.7 Å². The highest BCUT2D eigenvalue weighted by atomic mass is 15.1. The van der Waals surface area contributed by atoms with Gasteiger partial charge in [-0.25, -0.2) is 9.97 Å². The number of pyridine rings is 1. The van der Waals surface area contributed by atoms with Crippen LogP contribution in [0.3, 0.4) is 0 Å². The fourth-order valence-corrected chi connectivity index (χ4v) is 3.10. The smallest absolute Gasteiger partial charge is 0.129 e. The largest absolute Gasteiger partial charge is 0.363 e. The predicted molar refractivity (Wildman–Crippen MR) is 88.7 cm³/mol. The fraction of sp³-hybridized carbons (Fsp3) is 0.529. The van der Waals surface area contributed by atoms with E-state index >= 15 is 0 Å². The molecule has 118 valence electrons. The molecule has 2 aromatic heterocycles. The maximum absolute atomic E-state index is 4.53. The maximum Gasteiger partial charge on any atom is 0.129 e. The predicted octanol–water partition coefficient (Wildman–Crippen LogP) is 2.36. The first kappa shape index (κ1) is 15.0. The van der Waals surface area contributed by atoms with Gasteiger partial charge in [0.1, 0.15) is 11.6 Å². The second kappa shape index (κ2) is 7.40. The van der Waals surface area contributed by atoms with Gasteiger partial charge in [0.25, 0.3) is 0 Å². The molecule has 5 heteroatoms. The van der Waals surface area contributed by atoms with Gasteiger partial charge in [-0.3, -0.25) is 0 Å². The molecule has 1 aliphatic heterocycles. The Hall–Kier alpha value is -1.88. The Morgan fingerprint density at radius 2 is 2.23 bits per heavy atom. The number of imidazole rings is 1. The normalized spacial score (nSPS) is 18.9. The summed E-state index contributed by atoms with van der Waals surface area (Å²) >= 11 is 0. The highest BCUT2D eigenvalue weighted by molar-refractivity contribution is 5.44. The summed E-state index contributed by atoms with van der Waals surface area (Å²) in [5.74, 6) is 2.78. The first-order valence-electron chi connectivity index (χ1n) is 8.17. The molecule has 0 radical (unpaired) electrons. The number of nitrogens with one attached hydrogen (secondary N) is 2. The third kappa shape index (κ3) is 3.85. The molecule has 22 heavy (non-hydrogen) atoms. The molecule has 3 rings (SSSR count). The van der Waals surface area contributed by atoms with Crippen molar-refractivity contribution in [3.63, 3.8) is 0 Å². The molecular formula is C17H25N5. The van der Waals surface area contributed by atoms with Crippen LogP contribution < -0.4 is 10.6 Å². The standard InChI is InChI=1S/C17H25N5/c1-22-11-10-19-16(22)13-21-17-15(5-3-8-20-17)12-14-4-2-7-18-9-6-14/h3,5,8,10-11,14,18H,2,4,6-7,9,12-13H2,1H3,(H,20,21). The molecule has 1 unspecified atom stereocenters. The summed E-state index contributed by atoms with van der Waals surface area (Å²) in [6.07, 6.45) is 10.6. The second-order valence-electron chi connectivity index (χ2n) is 6.07. The average molecular weight is 299 g/mol. The van der Waals surface area contributed by atoms with Crippen LogP contribution >= 0.6 is 0 Å². The van der Waals surface area contributed by atoms with Crippen molar-refractivity contribution in [3.8, 4) is 0 Å². The molecule has 1 atom stereocenters.